The summed E-state index contributed by atoms with van der Waals surface area (Å²) in [5.74, 6) is 0.557. The Morgan fingerprint density at radius 3 is 2.81 bits per heavy atom. The number of anilines is 1. The van der Waals surface area contributed by atoms with Gasteiger partial charge in [-0.3, -0.25) is 9.78 Å². The summed E-state index contributed by atoms with van der Waals surface area (Å²) in [4.78, 5) is 20.3. The summed E-state index contributed by atoms with van der Waals surface area (Å²) in [5, 5.41) is 14.3. The van der Waals surface area contributed by atoms with Gasteiger partial charge in [0, 0.05) is 12.4 Å². The third kappa shape index (κ3) is 5.93. The summed E-state index contributed by atoms with van der Waals surface area (Å²) in [6.45, 7) is 1.95. The zero-order valence-corrected chi connectivity index (χ0v) is 15.5. The zero-order chi connectivity index (χ0) is 18.9. The molecule has 2 aromatic heterocycles. The summed E-state index contributed by atoms with van der Waals surface area (Å²) < 4.78 is 0. The highest BCUT2D eigenvalue weighted by molar-refractivity contribution is 7.99. The van der Waals surface area contributed by atoms with Crippen LogP contribution >= 0.6 is 11.8 Å². The van der Waals surface area contributed by atoms with Crippen molar-refractivity contribution in [3.05, 3.63) is 66.0 Å². The van der Waals surface area contributed by atoms with Crippen molar-refractivity contribution < 1.29 is 4.79 Å². The van der Waals surface area contributed by atoms with Gasteiger partial charge in [0.25, 0.3) is 0 Å². The Bertz CT molecular complexity index is 883. The Kier molecular flexibility index (Phi) is 6.53. The number of H-pyrrole nitrogens is 1. The average Bonchev–Trinajstić information content (AvgIpc) is 3.16. The number of nitrogens with one attached hydrogen (secondary N) is 3. The maximum absolute atomic E-state index is 12.1. The van der Waals surface area contributed by atoms with E-state index in [4.69, 9.17) is 0 Å². The van der Waals surface area contributed by atoms with E-state index in [1.807, 2.05) is 49.4 Å². The second-order valence-electron chi connectivity index (χ2n) is 5.61. The fraction of sp³-hybridized carbons (Fsp3) is 0.167. The van der Waals surface area contributed by atoms with Gasteiger partial charge in [-0.1, -0.05) is 42.1 Å². The van der Waals surface area contributed by atoms with E-state index < -0.39 is 0 Å². The summed E-state index contributed by atoms with van der Waals surface area (Å²) >= 11 is 1.25. The predicted octanol–water partition coefficient (Wildman–Crippen LogP) is 2.62. The van der Waals surface area contributed by atoms with Crippen LogP contribution in [-0.2, 0) is 4.79 Å². The van der Waals surface area contributed by atoms with Gasteiger partial charge in [-0.15, -0.1) is 5.10 Å². The Hall–Kier alpha value is -3.20. The lowest BCUT2D eigenvalue weighted by atomic mass is 10.1. The standard InChI is InChI=1S/C18H19N7OS/c1-13(15-5-3-2-4-6-15)21-16(26)12-27-18-22-17(24-25-18)23-20-11-14-7-9-19-10-8-14/h2-11,13H,12H2,1H3,(H,21,26)(H2,22,23,24,25)/b20-11+. The number of rotatable bonds is 8. The lowest BCUT2D eigenvalue weighted by molar-refractivity contribution is -0.119. The van der Waals surface area contributed by atoms with Crippen LogP contribution in [0.2, 0.25) is 0 Å². The predicted molar refractivity (Wildman–Crippen MR) is 106 cm³/mol. The minimum absolute atomic E-state index is 0.0498. The molecule has 1 atom stereocenters. The molecule has 9 heteroatoms. The van der Waals surface area contributed by atoms with Gasteiger partial charge in [-0.2, -0.15) is 10.1 Å². The van der Waals surface area contributed by atoms with Crippen molar-refractivity contribution in [2.45, 2.75) is 18.1 Å². The first-order valence-electron chi connectivity index (χ1n) is 8.29. The molecular formula is C18H19N7OS. The summed E-state index contributed by atoms with van der Waals surface area (Å²) in [7, 11) is 0. The molecule has 0 radical (unpaired) electrons. The van der Waals surface area contributed by atoms with Gasteiger partial charge in [0.2, 0.25) is 17.0 Å². The highest BCUT2D eigenvalue weighted by Crippen LogP contribution is 2.15. The van der Waals surface area contributed by atoms with Gasteiger partial charge < -0.3 is 5.32 Å². The lowest BCUT2D eigenvalue weighted by Gasteiger charge is -2.13. The molecule has 0 aliphatic heterocycles. The molecule has 0 saturated heterocycles. The van der Waals surface area contributed by atoms with Crippen molar-refractivity contribution >= 4 is 29.8 Å². The van der Waals surface area contributed by atoms with E-state index in [2.05, 4.69) is 36.0 Å². The van der Waals surface area contributed by atoms with Crippen LogP contribution in [0.1, 0.15) is 24.1 Å². The van der Waals surface area contributed by atoms with Crippen LogP contribution in [0, 0.1) is 0 Å². The molecule has 138 valence electrons. The lowest BCUT2D eigenvalue weighted by Crippen LogP contribution is -2.28. The Morgan fingerprint density at radius 1 is 1.26 bits per heavy atom. The topological polar surface area (TPSA) is 108 Å². The van der Waals surface area contributed by atoms with Gasteiger partial charge in [0.15, 0.2) is 0 Å². The van der Waals surface area contributed by atoms with Gasteiger partial charge in [-0.25, -0.2) is 10.5 Å². The number of benzene rings is 1. The molecule has 0 saturated carbocycles. The molecule has 0 aliphatic carbocycles. The van der Waals surface area contributed by atoms with E-state index in [1.54, 1.807) is 18.6 Å². The van der Waals surface area contributed by atoms with Gasteiger partial charge in [-0.05, 0) is 30.2 Å². The average molecular weight is 381 g/mol. The van der Waals surface area contributed by atoms with Crippen LogP contribution in [-0.4, -0.2) is 38.0 Å². The number of aromatic nitrogens is 4. The van der Waals surface area contributed by atoms with Crippen molar-refractivity contribution in [2.75, 3.05) is 11.2 Å². The summed E-state index contributed by atoms with van der Waals surface area (Å²) in [5.41, 5.74) is 4.74. The molecule has 0 aliphatic rings. The number of pyridine rings is 1. The van der Waals surface area contributed by atoms with E-state index in [0.29, 0.717) is 11.1 Å². The number of thioether (sulfide) groups is 1. The van der Waals surface area contributed by atoms with E-state index in [-0.39, 0.29) is 17.7 Å². The minimum Gasteiger partial charge on any atom is -0.349 e. The highest BCUT2D eigenvalue weighted by atomic mass is 32.2. The van der Waals surface area contributed by atoms with Crippen LogP contribution in [0.4, 0.5) is 5.95 Å². The molecule has 8 nitrogen and oxygen atoms in total. The van der Waals surface area contributed by atoms with Crippen LogP contribution in [0.3, 0.4) is 0 Å². The number of hydrogen-bond acceptors (Lipinski definition) is 7. The number of amides is 1. The first-order chi connectivity index (χ1) is 13.2. The van der Waals surface area contributed by atoms with E-state index in [9.17, 15) is 4.79 Å². The number of carbonyl (C=O) groups excluding carboxylic acids is 1. The number of hydrazone groups is 1. The number of aromatic amines is 1. The third-order valence-electron chi connectivity index (χ3n) is 3.56. The molecule has 0 fully saturated rings. The fourth-order valence-electron chi connectivity index (χ4n) is 2.22. The molecule has 27 heavy (non-hydrogen) atoms. The minimum atomic E-state index is -0.0774. The van der Waals surface area contributed by atoms with E-state index in [1.165, 1.54) is 11.8 Å². The molecule has 3 rings (SSSR count). The van der Waals surface area contributed by atoms with Gasteiger partial charge in [0.1, 0.15) is 0 Å². The highest BCUT2D eigenvalue weighted by Gasteiger charge is 2.11. The molecular weight excluding hydrogens is 362 g/mol. The molecule has 1 unspecified atom stereocenters. The molecule has 0 spiro atoms. The summed E-state index contributed by atoms with van der Waals surface area (Å²) in [6, 6.07) is 13.4. The monoisotopic (exact) mass is 381 g/mol. The van der Waals surface area contributed by atoms with Gasteiger partial charge >= 0.3 is 0 Å². The van der Waals surface area contributed by atoms with Crippen LogP contribution in [0.25, 0.3) is 0 Å². The first kappa shape index (κ1) is 18.6. The first-order valence-corrected chi connectivity index (χ1v) is 9.28. The van der Waals surface area contributed by atoms with E-state index >= 15 is 0 Å². The number of nitrogens with zero attached hydrogens (tertiary/aromatic N) is 4. The Morgan fingerprint density at radius 2 is 2.04 bits per heavy atom. The SMILES string of the molecule is CC(NC(=O)CSc1n[nH]c(N/N=C/c2ccncc2)n1)c1ccccc1. The van der Waals surface area contributed by atoms with Crippen LogP contribution in [0.15, 0.2) is 65.1 Å². The van der Waals surface area contributed by atoms with Crippen LogP contribution in [0.5, 0.6) is 0 Å². The Balaban J connectivity index is 1.44. The molecule has 1 aromatic carbocycles. The summed E-state index contributed by atoms with van der Waals surface area (Å²) in [6.07, 6.45) is 5.03. The maximum Gasteiger partial charge on any atom is 0.240 e. The quantitative estimate of drug-likeness (QED) is 0.314. The number of carbonyl (C=O) groups is 1. The fourth-order valence-corrected chi connectivity index (χ4v) is 2.83. The normalized spacial score (nSPS) is 12.0. The van der Waals surface area contributed by atoms with Crippen molar-refractivity contribution in [1.29, 1.82) is 0 Å². The molecule has 0 bridgehead atoms. The molecule has 2 heterocycles. The zero-order valence-electron chi connectivity index (χ0n) is 14.7. The molecule has 1 amide bonds. The molecule has 3 aromatic rings. The second kappa shape index (κ2) is 9.48. The third-order valence-corrected chi connectivity index (χ3v) is 4.41. The van der Waals surface area contributed by atoms with Crippen molar-refractivity contribution in [2.24, 2.45) is 5.10 Å². The van der Waals surface area contributed by atoms with E-state index in [0.717, 1.165) is 11.1 Å². The van der Waals surface area contributed by atoms with Crippen molar-refractivity contribution in [3.63, 3.8) is 0 Å². The largest absolute Gasteiger partial charge is 0.349 e. The van der Waals surface area contributed by atoms with Crippen LogP contribution < -0.4 is 10.7 Å². The smallest absolute Gasteiger partial charge is 0.240 e. The number of hydrogen-bond donors (Lipinski definition) is 3. The van der Waals surface area contributed by atoms with Gasteiger partial charge in [0.05, 0.1) is 18.0 Å². The van der Waals surface area contributed by atoms with Crippen molar-refractivity contribution in [1.82, 2.24) is 25.5 Å². The second-order valence-corrected chi connectivity index (χ2v) is 6.55. The maximum atomic E-state index is 12.1. The molecule has 3 N–H and O–H groups in total. The Labute approximate surface area is 160 Å². The van der Waals surface area contributed by atoms with Crippen molar-refractivity contribution in [3.8, 4) is 0 Å².